The molecule has 0 saturated carbocycles. The molecule has 0 bridgehead atoms. The molecule has 0 fully saturated rings. The van der Waals surface area contributed by atoms with Gasteiger partial charge in [0.15, 0.2) is 11.5 Å². The summed E-state index contributed by atoms with van der Waals surface area (Å²) >= 11 is 6.00. The van der Waals surface area contributed by atoms with Crippen molar-refractivity contribution in [3.05, 3.63) is 58.1 Å². The van der Waals surface area contributed by atoms with Crippen LogP contribution in [0.3, 0.4) is 0 Å². The summed E-state index contributed by atoms with van der Waals surface area (Å²) in [5.74, 6) is 1.65. The molecule has 2 aromatic rings. The van der Waals surface area contributed by atoms with E-state index >= 15 is 0 Å². The van der Waals surface area contributed by atoms with Crippen molar-refractivity contribution >= 4 is 17.3 Å². The average molecular weight is 442 g/mol. The molecule has 4 heteroatoms. The number of rotatable bonds is 13. The Labute approximate surface area is 192 Å². The number of hydrogen-bond acceptors (Lipinski definition) is 3. The van der Waals surface area contributed by atoms with Crippen LogP contribution in [0, 0.1) is 0 Å². The molecule has 0 unspecified atom stereocenters. The number of fused-ring (bicyclic) bond motifs is 1. The minimum absolute atomic E-state index is 0.495. The number of benzene rings is 2. The van der Waals surface area contributed by atoms with Gasteiger partial charge in [-0.05, 0) is 49.1 Å². The number of ether oxygens (including phenoxy) is 2. The minimum atomic E-state index is 0.495. The molecule has 1 heterocycles. The second-order valence-electron chi connectivity index (χ2n) is 8.34. The first-order valence-corrected chi connectivity index (χ1v) is 12.2. The first-order chi connectivity index (χ1) is 15.2. The van der Waals surface area contributed by atoms with Gasteiger partial charge >= 0.3 is 0 Å². The van der Waals surface area contributed by atoms with Gasteiger partial charge in [-0.25, -0.2) is 0 Å². The van der Waals surface area contributed by atoms with Crippen LogP contribution in [0.4, 0.5) is 0 Å². The Bertz CT molecular complexity index is 845. The predicted molar refractivity (Wildman–Crippen MR) is 131 cm³/mol. The highest BCUT2D eigenvalue weighted by molar-refractivity contribution is 6.30. The largest absolute Gasteiger partial charge is 0.493 e. The van der Waals surface area contributed by atoms with Crippen LogP contribution in [-0.2, 0) is 13.0 Å². The summed E-state index contributed by atoms with van der Waals surface area (Å²) in [5.41, 5.74) is 4.79. The van der Waals surface area contributed by atoms with E-state index in [2.05, 4.69) is 13.0 Å². The molecule has 0 atom stereocenters. The Morgan fingerprint density at radius 1 is 0.903 bits per heavy atom. The monoisotopic (exact) mass is 441 g/mol. The normalized spacial score (nSPS) is 12.9. The fraction of sp³-hybridized carbons (Fsp3) is 0.519. The average Bonchev–Trinajstić information content (AvgIpc) is 2.80. The minimum Gasteiger partial charge on any atom is -0.493 e. The Morgan fingerprint density at radius 3 is 2.32 bits per heavy atom. The van der Waals surface area contributed by atoms with Gasteiger partial charge < -0.3 is 9.47 Å². The smallest absolute Gasteiger partial charge is 0.165 e. The maximum absolute atomic E-state index is 6.27. The molecule has 0 N–H and O–H groups in total. The molecule has 1 aliphatic heterocycles. The molecule has 0 radical (unpaired) electrons. The van der Waals surface area contributed by atoms with E-state index < -0.39 is 0 Å². The maximum Gasteiger partial charge on any atom is 0.165 e. The molecule has 31 heavy (non-hydrogen) atoms. The third-order valence-electron chi connectivity index (χ3n) is 5.98. The summed E-state index contributed by atoms with van der Waals surface area (Å²) in [6, 6.07) is 12.0. The van der Waals surface area contributed by atoms with Crippen LogP contribution in [0.15, 0.2) is 41.4 Å². The van der Waals surface area contributed by atoms with Gasteiger partial charge in [0.2, 0.25) is 0 Å². The highest BCUT2D eigenvalue weighted by Gasteiger charge is 2.21. The van der Waals surface area contributed by atoms with Crippen molar-refractivity contribution in [3.63, 3.8) is 0 Å². The van der Waals surface area contributed by atoms with Crippen LogP contribution in [0.5, 0.6) is 11.5 Å². The van der Waals surface area contributed by atoms with E-state index in [1.807, 2.05) is 30.3 Å². The molecule has 1 aliphatic rings. The standard InChI is InChI=1S/C27H36ClNO2/c1-3-4-5-6-7-8-9-10-11-25-23-16-17-26(30-2)27(24(23)18-19-29-25)31-20-21-12-14-22(28)15-13-21/h12-17H,3-11,18-20H2,1-2H3. The Kier molecular flexibility index (Phi) is 9.74. The summed E-state index contributed by atoms with van der Waals surface area (Å²) in [6.07, 6.45) is 12.6. The Balaban J connectivity index is 1.60. The number of methoxy groups -OCH3 is 1. The molecular formula is C27H36ClNO2. The zero-order valence-corrected chi connectivity index (χ0v) is 19.8. The SMILES string of the molecule is CCCCCCCCCCC1=NCCc2c1ccc(OC)c2OCc1ccc(Cl)cc1. The molecule has 0 spiro atoms. The summed E-state index contributed by atoms with van der Waals surface area (Å²) in [6.45, 7) is 3.59. The van der Waals surface area contributed by atoms with E-state index in [0.717, 1.165) is 41.5 Å². The van der Waals surface area contributed by atoms with Crippen molar-refractivity contribution in [3.8, 4) is 11.5 Å². The van der Waals surface area contributed by atoms with Crippen LogP contribution in [0.1, 0.15) is 81.4 Å². The number of nitrogens with zero attached hydrogens (tertiary/aromatic N) is 1. The molecule has 0 aliphatic carbocycles. The van der Waals surface area contributed by atoms with E-state index in [9.17, 15) is 0 Å². The lowest BCUT2D eigenvalue weighted by Gasteiger charge is -2.22. The third-order valence-corrected chi connectivity index (χ3v) is 6.24. The number of halogens is 1. The number of hydrogen-bond donors (Lipinski definition) is 0. The van der Waals surface area contributed by atoms with E-state index in [1.54, 1.807) is 7.11 Å². The molecule has 3 nitrogen and oxygen atoms in total. The second-order valence-corrected chi connectivity index (χ2v) is 8.78. The molecular weight excluding hydrogens is 406 g/mol. The van der Waals surface area contributed by atoms with Crippen molar-refractivity contribution < 1.29 is 9.47 Å². The van der Waals surface area contributed by atoms with Gasteiger partial charge in [-0.2, -0.15) is 0 Å². The summed E-state index contributed by atoms with van der Waals surface area (Å²) in [7, 11) is 1.70. The number of aliphatic imine (C=N–C) groups is 1. The lowest BCUT2D eigenvalue weighted by atomic mass is 9.93. The van der Waals surface area contributed by atoms with Gasteiger partial charge in [0.25, 0.3) is 0 Å². The van der Waals surface area contributed by atoms with E-state index in [1.165, 1.54) is 68.2 Å². The van der Waals surface area contributed by atoms with E-state index in [0.29, 0.717) is 6.61 Å². The summed E-state index contributed by atoms with van der Waals surface area (Å²) < 4.78 is 11.9. The van der Waals surface area contributed by atoms with Crippen molar-refractivity contribution in [2.45, 2.75) is 77.7 Å². The van der Waals surface area contributed by atoms with Gasteiger partial charge in [0.05, 0.1) is 7.11 Å². The van der Waals surface area contributed by atoms with Crippen molar-refractivity contribution in [1.82, 2.24) is 0 Å². The highest BCUT2D eigenvalue weighted by Crippen LogP contribution is 2.37. The van der Waals surface area contributed by atoms with Gasteiger partial charge in [-0.15, -0.1) is 0 Å². The quantitative estimate of drug-likeness (QED) is 0.297. The molecule has 0 saturated heterocycles. The summed E-state index contributed by atoms with van der Waals surface area (Å²) in [4.78, 5) is 4.86. The Morgan fingerprint density at radius 2 is 1.61 bits per heavy atom. The zero-order valence-electron chi connectivity index (χ0n) is 19.1. The zero-order chi connectivity index (χ0) is 21.9. The van der Waals surface area contributed by atoms with E-state index in [-0.39, 0.29) is 0 Å². The van der Waals surface area contributed by atoms with Gasteiger partial charge in [-0.3, -0.25) is 4.99 Å². The third kappa shape index (κ3) is 7.00. The van der Waals surface area contributed by atoms with Crippen molar-refractivity contribution in [1.29, 1.82) is 0 Å². The van der Waals surface area contributed by atoms with Crippen molar-refractivity contribution in [2.75, 3.05) is 13.7 Å². The first-order valence-electron chi connectivity index (χ1n) is 11.8. The second kappa shape index (κ2) is 12.8. The van der Waals surface area contributed by atoms with Crippen LogP contribution >= 0.6 is 11.6 Å². The van der Waals surface area contributed by atoms with Gasteiger partial charge in [0.1, 0.15) is 6.61 Å². The van der Waals surface area contributed by atoms with Crippen LogP contribution in [-0.4, -0.2) is 19.4 Å². The molecule has 168 valence electrons. The van der Waals surface area contributed by atoms with Crippen molar-refractivity contribution in [2.24, 2.45) is 4.99 Å². The van der Waals surface area contributed by atoms with Gasteiger partial charge in [0, 0.05) is 28.4 Å². The van der Waals surface area contributed by atoms with E-state index in [4.69, 9.17) is 26.1 Å². The number of unbranched alkanes of at least 4 members (excludes halogenated alkanes) is 7. The van der Waals surface area contributed by atoms with Crippen LogP contribution in [0.25, 0.3) is 0 Å². The fourth-order valence-electron chi connectivity index (χ4n) is 4.21. The molecule has 0 aromatic heterocycles. The summed E-state index contributed by atoms with van der Waals surface area (Å²) in [5, 5.41) is 0.736. The van der Waals surface area contributed by atoms with Crippen LogP contribution in [0.2, 0.25) is 5.02 Å². The lowest BCUT2D eigenvalue weighted by molar-refractivity contribution is 0.281. The lowest BCUT2D eigenvalue weighted by Crippen LogP contribution is -2.15. The molecule has 0 amide bonds. The first kappa shape index (κ1) is 23.7. The Hall–Kier alpha value is -2.00. The van der Waals surface area contributed by atoms with Gasteiger partial charge in [-0.1, -0.05) is 75.6 Å². The maximum atomic E-state index is 6.27. The molecule has 2 aromatic carbocycles. The topological polar surface area (TPSA) is 30.8 Å². The van der Waals surface area contributed by atoms with Crippen LogP contribution < -0.4 is 9.47 Å². The molecule has 3 rings (SSSR count). The predicted octanol–water partition coefficient (Wildman–Crippen LogP) is 7.80. The fourth-order valence-corrected chi connectivity index (χ4v) is 4.33. The highest BCUT2D eigenvalue weighted by atomic mass is 35.5.